The van der Waals surface area contributed by atoms with Crippen LogP contribution in [0.1, 0.15) is 28.8 Å². The number of hydrogen-bond donors (Lipinski definition) is 3. The second kappa shape index (κ2) is 9.32. The van der Waals surface area contributed by atoms with E-state index in [1.54, 1.807) is 11.3 Å². The number of anilines is 2. The minimum atomic E-state index is -0.207. The highest BCUT2D eigenvalue weighted by Crippen LogP contribution is 2.30. The average Bonchev–Trinajstić information content (AvgIpc) is 3.46. The molecule has 160 valence electrons. The number of nitrogens with two attached hydrogens (primary N) is 1. The molecule has 4 rings (SSSR count). The van der Waals surface area contributed by atoms with Crippen molar-refractivity contribution in [3.05, 3.63) is 71.1 Å². The van der Waals surface area contributed by atoms with E-state index in [4.69, 9.17) is 5.73 Å². The Balaban J connectivity index is 1.44. The Hall–Kier alpha value is -3.16. The number of nitrogens with one attached hydrogen (secondary N) is 2. The Morgan fingerprint density at radius 3 is 2.65 bits per heavy atom. The monoisotopic (exact) mass is 434 g/mol. The van der Waals surface area contributed by atoms with Crippen LogP contribution in [-0.4, -0.2) is 36.5 Å². The van der Waals surface area contributed by atoms with Crippen LogP contribution in [0.4, 0.5) is 11.4 Å². The number of benzene rings is 2. The molecule has 2 aromatic carbocycles. The number of nitrogens with zero attached hydrogens (tertiary/aromatic N) is 1. The highest BCUT2D eigenvalue weighted by Gasteiger charge is 2.26. The fourth-order valence-electron chi connectivity index (χ4n) is 3.84. The molecule has 1 fully saturated rings. The summed E-state index contributed by atoms with van der Waals surface area (Å²) in [4.78, 5) is 27.8. The number of thiophene rings is 1. The van der Waals surface area contributed by atoms with Gasteiger partial charge in [0.05, 0.1) is 17.5 Å². The molecule has 4 N–H and O–H groups in total. The first-order valence-corrected chi connectivity index (χ1v) is 11.2. The van der Waals surface area contributed by atoms with Crippen LogP contribution in [0, 0.1) is 0 Å². The second-order valence-corrected chi connectivity index (χ2v) is 8.58. The molecule has 1 atom stereocenters. The van der Waals surface area contributed by atoms with Crippen molar-refractivity contribution in [2.75, 3.05) is 24.6 Å². The zero-order valence-electron chi connectivity index (χ0n) is 17.4. The van der Waals surface area contributed by atoms with Crippen LogP contribution in [-0.2, 0) is 11.2 Å². The summed E-state index contributed by atoms with van der Waals surface area (Å²) >= 11 is 1.64. The van der Waals surface area contributed by atoms with Crippen LogP contribution in [0.25, 0.3) is 10.4 Å². The molecule has 0 saturated carbocycles. The van der Waals surface area contributed by atoms with Crippen molar-refractivity contribution in [2.45, 2.75) is 25.4 Å². The Labute approximate surface area is 186 Å². The first-order valence-electron chi connectivity index (χ1n) is 10.4. The van der Waals surface area contributed by atoms with Crippen LogP contribution in [0.5, 0.6) is 0 Å². The van der Waals surface area contributed by atoms with E-state index in [1.807, 2.05) is 71.9 Å². The van der Waals surface area contributed by atoms with Gasteiger partial charge >= 0.3 is 0 Å². The van der Waals surface area contributed by atoms with Crippen LogP contribution in [0.15, 0.2) is 60.0 Å². The van der Waals surface area contributed by atoms with Crippen LogP contribution >= 0.6 is 11.3 Å². The summed E-state index contributed by atoms with van der Waals surface area (Å²) in [5.41, 5.74) is 9.85. The van der Waals surface area contributed by atoms with Gasteiger partial charge in [-0.25, -0.2) is 0 Å². The lowest BCUT2D eigenvalue weighted by atomic mass is 10.1. The zero-order valence-corrected chi connectivity index (χ0v) is 18.2. The third kappa shape index (κ3) is 4.78. The number of carbonyl (C=O) groups excluding carboxylic acids is 2. The Kier molecular flexibility index (Phi) is 6.34. The van der Waals surface area contributed by atoms with Crippen molar-refractivity contribution >= 4 is 34.5 Å². The first kappa shape index (κ1) is 21.1. The number of likely N-dealkylation sites (N-methyl/N-ethyl adjacent to an activating group) is 1. The molecule has 2 heterocycles. The zero-order chi connectivity index (χ0) is 21.8. The van der Waals surface area contributed by atoms with E-state index in [0.717, 1.165) is 29.0 Å². The second-order valence-electron chi connectivity index (χ2n) is 7.63. The van der Waals surface area contributed by atoms with Crippen LogP contribution in [0.3, 0.4) is 0 Å². The average molecular weight is 435 g/mol. The van der Waals surface area contributed by atoms with Gasteiger partial charge in [0.15, 0.2) is 0 Å². The van der Waals surface area contributed by atoms with E-state index in [0.29, 0.717) is 29.8 Å². The summed E-state index contributed by atoms with van der Waals surface area (Å²) in [5, 5.41) is 8.17. The van der Waals surface area contributed by atoms with Crippen molar-refractivity contribution in [3.8, 4) is 10.4 Å². The fourth-order valence-corrected chi connectivity index (χ4v) is 4.56. The first-order chi connectivity index (χ1) is 15.0. The number of likely N-dealkylation sites (tertiary alicyclic amines) is 1. The number of carbonyl (C=O) groups is 2. The van der Waals surface area contributed by atoms with E-state index in [-0.39, 0.29) is 18.0 Å². The third-order valence-corrected chi connectivity index (χ3v) is 6.49. The summed E-state index contributed by atoms with van der Waals surface area (Å²) in [6.45, 7) is 0.788. The Bertz CT molecular complexity index is 1060. The quantitative estimate of drug-likeness (QED) is 0.491. The highest BCUT2D eigenvalue weighted by atomic mass is 32.1. The van der Waals surface area contributed by atoms with Gasteiger partial charge in [0.2, 0.25) is 5.91 Å². The van der Waals surface area contributed by atoms with E-state index in [9.17, 15) is 9.59 Å². The topological polar surface area (TPSA) is 87.5 Å². The summed E-state index contributed by atoms with van der Waals surface area (Å²) < 4.78 is 0. The number of rotatable bonds is 7. The van der Waals surface area contributed by atoms with Gasteiger partial charge in [-0.3, -0.25) is 9.59 Å². The molecule has 1 aliphatic rings. The Morgan fingerprint density at radius 1 is 1.19 bits per heavy atom. The van der Waals surface area contributed by atoms with Gasteiger partial charge in [0.1, 0.15) is 0 Å². The summed E-state index contributed by atoms with van der Waals surface area (Å²) in [7, 11) is 1.87. The van der Waals surface area contributed by atoms with Crippen molar-refractivity contribution in [2.24, 2.45) is 0 Å². The van der Waals surface area contributed by atoms with E-state index in [2.05, 4.69) is 10.6 Å². The normalized spacial score (nSPS) is 14.6. The minimum absolute atomic E-state index is 0.0329. The number of nitrogen functional groups attached to an aromatic ring is 1. The van der Waals surface area contributed by atoms with Gasteiger partial charge in [-0.2, -0.15) is 0 Å². The molecule has 1 aromatic heterocycles. The van der Waals surface area contributed by atoms with Crippen LogP contribution in [0.2, 0.25) is 0 Å². The van der Waals surface area contributed by atoms with E-state index < -0.39 is 0 Å². The number of hydrogen-bond acceptors (Lipinski definition) is 5. The van der Waals surface area contributed by atoms with E-state index >= 15 is 0 Å². The molecule has 6 nitrogen and oxygen atoms in total. The third-order valence-electron chi connectivity index (χ3n) is 5.57. The standard InChI is InChI=1S/C24H26N4O2S/c1-26-22(28-12-2-5-23(28)29)14-16-6-8-17(9-7-16)24(30)27-20-15-18(10-11-19(20)25)21-4-3-13-31-21/h3-4,6-11,13,15,22,26H,2,5,12,14,25H2,1H3,(H,27,30). The maximum absolute atomic E-state index is 12.8. The van der Waals surface area contributed by atoms with Gasteiger partial charge in [0, 0.05) is 29.8 Å². The molecule has 1 aliphatic heterocycles. The Morgan fingerprint density at radius 2 is 2.00 bits per heavy atom. The van der Waals surface area contributed by atoms with Crippen molar-refractivity contribution in [1.82, 2.24) is 10.2 Å². The molecule has 0 aliphatic carbocycles. The lowest BCUT2D eigenvalue weighted by molar-refractivity contribution is -0.130. The molecular formula is C24H26N4O2S. The van der Waals surface area contributed by atoms with Crippen molar-refractivity contribution in [3.63, 3.8) is 0 Å². The molecule has 31 heavy (non-hydrogen) atoms. The smallest absolute Gasteiger partial charge is 0.255 e. The van der Waals surface area contributed by atoms with Crippen LogP contribution < -0.4 is 16.4 Å². The molecule has 3 aromatic rings. The molecule has 1 saturated heterocycles. The van der Waals surface area contributed by atoms with Gasteiger partial charge in [-0.1, -0.05) is 24.3 Å². The molecule has 7 heteroatoms. The molecule has 0 spiro atoms. The SMILES string of the molecule is CNC(Cc1ccc(C(=O)Nc2cc(-c3cccs3)ccc2N)cc1)N1CCCC1=O. The number of amides is 2. The predicted octanol–water partition coefficient (Wildman–Crippen LogP) is 3.96. The van der Waals surface area contributed by atoms with E-state index in [1.165, 1.54) is 0 Å². The molecule has 2 amide bonds. The van der Waals surface area contributed by atoms with Gasteiger partial charge < -0.3 is 21.3 Å². The van der Waals surface area contributed by atoms with Crippen molar-refractivity contribution < 1.29 is 9.59 Å². The van der Waals surface area contributed by atoms with Crippen molar-refractivity contribution in [1.29, 1.82) is 0 Å². The largest absolute Gasteiger partial charge is 0.397 e. The maximum Gasteiger partial charge on any atom is 0.255 e. The fraction of sp³-hybridized carbons (Fsp3) is 0.250. The minimum Gasteiger partial charge on any atom is -0.397 e. The predicted molar refractivity (Wildman–Crippen MR) is 126 cm³/mol. The summed E-state index contributed by atoms with van der Waals surface area (Å²) in [6.07, 6.45) is 2.19. The molecule has 0 bridgehead atoms. The lowest BCUT2D eigenvalue weighted by Gasteiger charge is -2.27. The molecule has 0 radical (unpaired) electrons. The molecular weight excluding hydrogens is 408 g/mol. The summed E-state index contributed by atoms with van der Waals surface area (Å²) in [6, 6.07) is 17.2. The lowest BCUT2D eigenvalue weighted by Crippen LogP contribution is -2.46. The molecule has 1 unspecified atom stereocenters. The van der Waals surface area contributed by atoms with Gasteiger partial charge in [0.25, 0.3) is 5.91 Å². The van der Waals surface area contributed by atoms with Gasteiger partial charge in [-0.05, 0) is 60.3 Å². The highest BCUT2D eigenvalue weighted by molar-refractivity contribution is 7.13. The maximum atomic E-state index is 12.8. The van der Waals surface area contributed by atoms with Gasteiger partial charge in [-0.15, -0.1) is 11.3 Å². The summed E-state index contributed by atoms with van der Waals surface area (Å²) in [5.74, 6) is -0.0146.